The van der Waals surface area contributed by atoms with E-state index in [1.54, 1.807) is 31.2 Å². The lowest BCUT2D eigenvalue weighted by atomic mass is 9.83. The van der Waals surface area contributed by atoms with E-state index >= 15 is 4.39 Å². The highest BCUT2D eigenvalue weighted by molar-refractivity contribution is 8.01. The van der Waals surface area contributed by atoms with E-state index in [2.05, 4.69) is 0 Å². The first-order valence-electron chi connectivity index (χ1n) is 7.86. The molecule has 0 aromatic heterocycles. The molecule has 2 rings (SSSR count). The fourth-order valence-electron chi connectivity index (χ4n) is 2.87. The zero-order valence-electron chi connectivity index (χ0n) is 12.8. The van der Waals surface area contributed by atoms with Gasteiger partial charge in [0.05, 0.1) is 6.61 Å². The standard InChI is InChI=1S/C17H23FO3S/c1-2-21-16(20)17(18,22-14-11-7-4-8-12-14)15(19)13-9-5-3-6-10-13/h4,7-8,11-13,15,19H,2-3,5-6,9-10H2,1H3. The predicted octanol–water partition coefficient (Wildman–Crippen LogP) is 3.95. The molecule has 0 heterocycles. The largest absolute Gasteiger partial charge is 0.463 e. The number of aliphatic hydroxyl groups excluding tert-OH is 1. The quantitative estimate of drug-likeness (QED) is 0.635. The highest BCUT2D eigenvalue weighted by Gasteiger charge is 2.51. The molecule has 1 saturated carbocycles. The van der Waals surface area contributed by atoms with Crippen LogP contribution in [-0.2, 0) is 9.53 Å². The molecule has 2 unspecified atom stereocenters. The van der Waals surface area contributed by atoms with Crippen molar-refractivity contribution in [1.82, 2.24) is 0 Å². The fraction of sp³-hybridized carbons (Fsp3) is 0.588. The van der Waals surface area contributed by atoms with Crippen molar-refractivity contribution in [3.05, 3.63) is 30.3 Å². The number of aliphatic hydroxyl groups is 1. The van der Waals surface area contributed by atoms with Gasteiger partial charge in [-0.2, -0.15) is 0 Å². The van der Waals surface area contributed by atoms with Gasteiger partial charge in [0, 0.05) is 4.90 Å². The van der Waals surface area contributed by atoms with E-state index in [0.717, 1.165) is 43.9 Å². The summed E-state index contributed by atoms with van der Waals surface area (Å²) in [5, 5.41) is 8.10. The van der Waals surface area contributed by atoms with Gasteiger partial charge >= 0.3 is 5.97 Å². The third kappa shape index (κ3) is 4.02. The summed E-state index contributed by atoms with van der Waals surface area (Å²) in [6.07, 6.45) is 3.20. The lowest BCUT2D eigenvalue weighted by Crippen LogP contribution is -2.48. The Morgan fingerprint density at radius 3 is 2.59 bits per heavy atom. The van der Waals surface area contributed by atoms with Crippen molar-refractivity contribution < 1.29 is 19.0 Å². The molecule has 0 saturated heterocycles. The molecule has 22 heavy (non-hydrogen) atoms. The van der Waals surface area contributed by atoms with Gasteiger partial charge in [-0.3, -0.25) is 0 Å². The van der Waals surface area contributed by atoms with Gasteiger partial charge in [-0.15, -0.1) is 0 Å². The van der Waals surface area contributed by atoms with E-state index in [-0.39, 0.29) is 12.5 Å². The minimum Gasteiger partial charge on any atom is -0.463 e. The smallest absolute Gasteiger partial charge is 0.357 e. The number of esters is 1. The molecule has 1 aliphatic rings. The Morgan fingerprint density at radius 2 is 2.00 bits per heavy atom. The Kier molecular flexibility index (Phi) is 6.26. The van der Waals surface area contributed by atoms with Crippen molar-refractivity contribution in [3.63, 3.8) is 0 Å². The van der Waals surface area contributed by atoms with Crippen molar-refractivity contribution in [3.8, 4) is 0 Å². The van der Waals surface area contributed by atoms with E-state index in [1.807, 2.05) is 6.07 Å². The second-order valence-electron chi connectivity index (χ2n) is 5.62. The van der Waals surface area contributed by atoms with Crippen molar-refractivity contribution in [1.29, 1.82) is 0 Å². The van der Waals surface area contributed by atoms with E-state index in [9.17, 15) is 9.90 Å². The molecule has 1 aromatic rings. The molecule has 0 aliphatic heterocycles. The van der Waals surface area contributed by atoms with Crippen molar-refractivity contribution in [2.45, 2.75) is 55.0 Å². The molecule has 3 nitrogen and oxygen atoms in total. The number of halogens is 1. The summed E-state index contributed by atoms with van der Waals surface area (Å²) in [6.45, 7) is 1.73. The van der Waals surface area contributed by atoms with Crippen molar-refractivity contribution in [2.24, 2.45) is 5.92 Å². The van der Waals surface area contributed by atoms with Gasteiger partial charge in [0.2, 0.25) is 0 Å². The number of carbonyl (C=O) groups is 1. The predicted molar refractivity (Wildman–Crippen MR) is 85.4 cm³/mol. The topological polar surface area (TPSA) is 46.5 Å². The highest BCUT2D eigenvalue weighted by atomic mass is 32.2. The molecular weight excluding hydrogens is 303 g/mol. The average molecular weight is 326 g/mol. The zero-order chi connectivity index (χ0) is 16.0. The molecule has 0 spiro atoms. The van der Waals surface area contributed by atoms with Gasteiger partial charge < -0.3 is 9.84 Å². The summed E-state index contributed by atoms with van der Waals surface area (Å²) in [5.74, 6) is -1.18. The molecular formula is C17H23FO3S. The molecule has 1 aliphatic carbocycles. The Hall–Kier alpha value is -1.07. The van der Waals surface area contributed by atoms with Gasteiger partial charge in [0.1, 0.15) is 6.10 Å². The summed E-state index contributed by atoms with van der Waals surface area (Å²) in [7, 11) is 0. The van der Waals surface area contributed by atoms with Gasteiger partial charge in [-0.1, -0.05) is 49.2 Å². The zero-order valence-corrected chi connectivity index (χ0v) is 13.7. The van der Waals surface area contributed by atoms with Crippen molar-refractivity contribution in [2.75, 3.05) is 6.61 Å². The van der Waals surface area contributed by atoms with Crippen LogP contribution in [0.15, 0.2) is 35.2 Å². The van der Waals surface area contributed by atoms with Crippen LogP contribution >= 0.6 is 11.8 Å². The number of hydrogen-bond donors (Lipinski definition) is 1. The van der Waals surface area contributed by atoms with Gasteiger partial charge in [0.15, 0.2) is 0 Å². The highest BCUT2D eigenvalue weighted by Crippen LogP contribution is 2.43. The van der Waals surface area contributed by atoms with Crippen molar-refractivity contribution >= 4 is 17.7 Å². The number of benzene rings is 1. The first-order valence-corrected chi connectivity index (χ1v) is 8.68. The van der Waals surface area contributed by atoms with Crippen LogP contribution in [0.1, 0.15) is 39.0 Å². The van der Waals surface area contributed by atoms with Gasteiger partial charge in [-0.25, -0.2) is 9.18 Å². The third-order valence-corrected chi connectivity index (χ3v) is 5.25. The number of carbonyl (C=O) groups excluding carboxylic acids is 1. The maximum Gasteiger partial charge on any atom is 0.357 e. The number of ether oxygens (including phenoxy) is 1. The Labute approximate surface area is 135 Å². The van der Waals surface area contributed by atoms with Gasteiger partial charge in [-0.05, 0) is 37.8 Å². The normalized spacial score (nSPS) is 20.1. The lowest BCUT2D eigenvalue weighted by molar-refractivity contribution is -0.159. The molecule has 122 valence electrons. The fourth-order valence-corrected chi connectivity index (χ4v) is 3.96. The number of rotatable bonds is 6. The number of hydrogen-bond acceptors (Lipinski definition) is 4. The van der Waals surface area contributed by atoms with Gasteiger partial charge in [0.25, 0.3) is 5.00 Å². The molecule has 2 atom stereocenters. The molecule has 0 bridgehead atoms. The Balaban J connectivity index is 2.21. The molecule has 0 radical (unpaired) electrons. The van der Waals surface area contributed by atoms with Crippen LogP contribution in [0.2, 0.25) is 0 Å². The lowest BCUT2D eigenvalue weighted by Gasteiger charge is -2.34. The second kappa shape index (κ2) is 7.97. The SMILES string of the molecule is CCOC(=O)C(F)(Sc1ccccc1)C(O)C1CCCCC1. The molecule has 0 amide bonds. The molecule has 5 heteroatoms. The minimum atomic E-state index is -2.46. The first-order chi connectivity index (χ1) is 10.6. The summed E-state index contributed by atoms with van der Waals surface area (Å²) in [4.78, 5) is 12.8. The summed E-state index contributed by atoms with van der Waals surface area (Å²) in [6, 6.07) is 8.84. The monoisotopic (exact) mass is 326 g/mol. The second-order valence-corrected chi connectivity index (χ2v) is 6.89. The van der Waals surface area contributed by atoms with Crippen LogP contribution in [0.5, 0.6) is 0 Å². The van der Waals surface area contributed by atoms with E-state index in [1.165, 1.54) is 0 Å². The maximum absolute atomic E-state index is 15.5. The van der Waals surface area contributed by atoms with E-state index in [0.29, 0.717) is 4.90 Å². The van der Waals surface area contributed by atoms with Crippen LogP contribution in [0.25, 0.3) is 0 Å². The first kappa shape index (κ1) is 17.3. The van der Waals surface area contributed by atoms with Crippen LogP contribution in [0.3, 0.4) is 0 Å². The average Bonchev–Trinajstić information content (AvgIpc) is 2.56. The molecule has 1 fully saturated rings. The Morgan fingerprint density at radius 1 is 1.36 bits per heavy atom. The third-order valence-electron chi connectivity index (χ3n) is 4.04. The summed E-state index contributed by atoms with van der Waals surface area (Å²) in [5.41, 5.74) is 0. The number of thioether (sulfide) groups is 1. The summed E-state index contributed by atoms with van der Waals surface area (Å²) < 4.78 is 20.4. The molecule has 1 aromatic carbocycles. The van der Waals surface area contributed by atoms with E-state index < -0.39 is 17.1 Å². The Bertz CT molecular complexity index is 476. The van der Waals surface area contributed by atoms with Crippen LogP contribution in [0, 0.1) is 5.92 Å². The van der Waals surface area contributed by atoms with Crippen LogP contribution < -0.4 is 0 Å². The minimum absolute atomic E-state index is 0.0945. The maximum atomic E-state index is 15.5. The van der Waals surface area contributed by atoms with Crippen LogP contribution in [0.4, 0.5) is 4.39 Å². The van der Waals surface area contributed by atoms with E-state index in [4.69, 9.17) is 4.74 Å². The van der Waals surface area contributed by atoms with Crippen LogP contribution in [-0.4, -0.2) is 28.8 Å². The summed E-state index contributed by atoms with van der Waals surface area (Å²) >= 11 is 0.750. The number of alkyl halides is 1. The molecule has 1 N–H and O–H groups in total.